The molecule has 0 bridgehead atoms. The standard InChI is InChI=1S/C24H28ClF5N4O3S/c1-32-15-21(31-16-32)38(36,37)34-12-10-33(11-13-34)22(6-8-23(26,27)9-7-22)5-4-20(35)18-3-2-17(14-19(18)25)24(28,29)30/h2-3,14-16H,4-13H2,1H3. The zero-order chi connectivity index (χ0) is 27.9. The van der Waals surface area contributed by atoms with Crippen LogP contribution in [0.25, 0.3) is 0 Å². The van der Waals surface area contributed by atoms with Crippen molar-refractivity contribution in [2.24, 2.45) is 7.05 Å². The van der Waals surface area contributed by atoms with Gasteiger partial charge in [0.15, 0.2) is 10.8 Å². The Morgan fingerprint density at radius 2 is 1.71 bits per heavy atom. The molecule has 38 heavy (non-hydrogen) atoms. The zero-order valence-electron chi connectivity index (χ0n) is 20.6. The van der Waals surface area contributed by atoms with Crippen LogP contribution in [-0.2, 0) is 23.2 Å². The van der Waals surface area contributed by atoms with Crippen LogP contribution in [0.1, 0.15) is 54.4 Å². The van der Waals surface area contributed by atoms with Crippen LogP contribution in [0.15, 0.2) is 35.7 Å². The fourth-order valence-electron chi connectivity index (χ4n) is 5.26. The molecular weight excluding hydrogens is 555 g/mol. The number of rotatable bonds is 7. The van der Waals surface area contributed by atoms with E-state index in [4.69, 9.17) is 11.6 Å². The number of Topliss-reactive ketones (excluding diaryl/α,β-unsaturated/α-hetero) is 1. The summed E-state index contributed by atoms with van der Waals surface area (Å²) in [5.74, 6) is -3.30. The SMILES string of the molecule is Cn1cnc(S(=O)(=O)N2CCN(C3(CCC(=O)c4ccc(C(F)(F)F)cc4Cl)CCC(F)(F)CC3)CC2)c1. The second-order valence-corrected chi connectivity index (χ2v) is 12.3. The highest BCUT2D eigenvalue weighted by Gasteiger charge is 2.47. The number of hydrogen-bond donors (Lipinski definition) is 0. The number of benzene rings is 1. The number of imidazole rings is 1. The number of aromatic nitrogens is 2. The van der Waals surface area contributed by atoms with Gasteiger partial charge in [0.1, 0.15) is 0 Å². The van der Waals surface area contributed by atoms with E-state index in [1.165, 1.54) is 21.4 Å². The monoisotopic (exact) mass is 582 g/mol. The quantitative estimate of drug-likeness (QED) is 0.339. The van der Waals surface area contributed by atoms with Crippen LogP contribution in [0.5, 0.6) is 0 Å². The minimum absolute atomic E-state index is 0.0535. The van der Waals surface area contributed by atoms with Gasteiger partial charge in [-0.05, 0) is 37.5 Å². The molecule has 1 saturated heterocycles. The summed E-state index contributed by atoms with van der Waals surface area (Å²) in [6.07, 6.45) is -2.21. The molecule has 2 aliphatic rings. The molecule has 0 radical (unpaired) electrons. The van der Waals surface area contributed by atoms with E-state index < -0.39 is 39.0 Å². The maximum Gasteiger partial charge on any atom is 0.416 e. The van der Waals surface area contributed by atoms with E-state index >= 15 is 0 Å². The van der Waals surface area contributed by atoms with Crippen molar-refractivity contribution >= 4 is 27.4 Å². The lowest BCUT2D eigenvalue weighted by atomic mass is 9.74. The lowest BCUT2D eigenvalue weighted by molar-refractivity contribution is -0.137. The number of sulfonamides is 1. The van der Waals surface area contributed by atoms with E-state index in [1.807, 2.05) is 4.90 Å². The lowest BCUT2D eigenvalue weighted by Gasteiger charge is -2.50. The highest BCUT2D eigenvalue weighted by molar-refractivity contribution is 7.89. The molecule has 0 spiro atoms. The molecule has 2 aromatic rings. The van der Waals surface area contributed by atoms with Crippen LogP contribution < -0.4 is 0 Å². The molecule has 7 nitrogen and oxygen atoms in total. The smallest absolute Gasteiger partial charge is 0.339 e. The number of alkyl halides is 5. The topological polar surface area (TPSA) is 75.5 Å². The molecule has 1 aliphatic carbocycles. The number of hydrogen-bond acceptors (Lipinski definition) is 5. The van der Waals surface area contributed by atoms with Crippen molar-refractivity contribution in [2.75, 3.05) is 26.2 Å². The van der Waals surface area contributed by atoms with E-state index in [2.05, 4.69) is 4.98 Å². The summed E-state index contributed by atoms with van der Waals surface area (Å²) in [5.41, 5.74) is -1.79. The summed E-state index contributed by atoms with van der Waals surface area (Å²) in [4.78, 5) is 18.8. The lowest BCUT2D eigenvalue weighted by Crippen LogP contribution is -2.59. The van der Waals surface area contributed by atoms with E-state index in [9.17, 15) is 35.2 Å². The number of carbonyl (C=O) groups excluding carboxylic acids is 1. The van der Waals surface area contributed by atoms with Gasteiger partial charge in [-0.15, -0.1) is 0 Å². The normalized spacial score (nSPS) is 20.9. The third kappa shape index (κ3) is 6.05. The number of ketones is 1. The van der Waals surface area contributed by atoms with E-state index in [-0.39, 0.29) is 80.3 Å². The number of halogens is 6. The molecule has 1 saturated carbocycles. The fraction of sp³-hybridized carbons (Fsp3) is 0.583. The van der Waals surface area contributed by atoms with Gasteiger partial charge in [-0.25, -0.2) is 22.2 Å². The Morgan fingerprint density at radius 1 is 1.08 bits per heavy atom. The number of aryl methyl sites for hydroxylation is 1. The van der Waals surface area contributed by atoms with Gasteiger partial charge in [0.25, 0.3) is 10.0 Å². The Labute approximate surface area is 222 Å². The largest absolute Gasteiger partial charge is 0.416 e. The van der Waals surface area contributed by atoms with Gasteiger partial charge in [-0.3, -0.25) is 9.69 Å². The Kier molecular flexibility index (Phi) is 7.97. The van der Waals surface area contributed by atoms with Crippen molar-refractivity contribution in [1.29, 1.82) is 0 Å². The van der Waals surface area contributed by atoms with Crippen molar-refractivity contribution in [3.63, 3.8) is 0 Å². The molecule has 0 atom stereocenters. The van der Waals surface area contributed by atoms with Crippen LogP contribution in [0.3, 0.4) is 0 Å². The van der Waals surface area contributed by atoms with Crippen molar-refractivity contribution < 1.29 is 35.2 Å². The summed E-state index contributed by atoms with van der Waals surface area (Å²) in [6.45, 7) is 0.838. The molecule has 1 aromatic heterocycles. The van der Waals surface area contributed by atoms with Crippen molar-refractivity contribution in [2.45, 2.75) is 61.2 Å². The predicted molar refractivity (Wildman–Crippen MR) is 130 cm³/mol. The molecule has 1 aliphatic heterocycles. The fourth-order valence-corrected chi connectivity index (χ4v) is 6.94. The van der Waals surface area contributed by atoms with Crippen LogP contribution in [-0.4, -0.2) is 70.6 Å². The summed E-state index contributed by atoms with van der Waals surface area (Å²) in [7, 11) is -2.15. The van der Waals surface area contributed by atoms with Gasteiger partial charge < -0.3 is 4.57 Å². The van der Waals surface area contributed by atoms with E-state index in [1.54, 1.807) is 7.05 Å². The summed E-state index contributed by atoms with van der Waals surface area (Å²) < 4.78 is 95.7. The summed E-state index contributed by atoms with van der Waals surface area (Å²) in [6, 6.07) is 2.53. The first-order valence-corrected chi connectivity index (χ1v) is 14.0. The second kappa shape index (κ2) is 10.5. The van der Waals surface area contributed by atoms with E-state index in [0.29, 0.717) is 6.07 Å². The van der Waals surface area contributed by atoms with Crippen molar-refractivity contribution in [1.82, 2.24) is 18.8 Å². The average molecular weight is 583 g/mol. The summed E-state index contributed by atoms with van der Waals surface area (Å²) >= 11 is 5.98. The highest BCUT2D eigenvalue weighted by atomic mass is 35.5. The molecule has 2 heterocycles. The molecule has 210 valence electrons. The minimum Gasteiger partial charge on any atom is -0.339 e. The van der Waals surface area contributed by atoms with Crippen LogP contribution in [0.4, 0.5) is 22.0 Å². The van der Waals surface area contributed by atoms with Gasteiger partial charge in [-0.2, -0.15) is 17.5 Å². The Balaban J connectivity index is 1.48. The van der Waals surface area contributed by atoms with Crippen molar-refractivity contribution in [3.05, 3.63) is 46.9 Å². The van der Waals surface area contributed by atoms with Gasteiger partial charge in [-0.1, -0.05) is 11.6 Å². The average Bonchev–Trinajstić information content (AvgIpc) is 3.30. The molecular formula is C24H28ClF5N4O3S. The summed E-state index contributed by atoms with van der Waals surface area (Å²) in [5, 5.41) is -0.387. The first-order chi connectivity index (χ1) is 17.6. The predicted octanol–water partition coefficient (Wildman–Crippen LogP) is 5.01. The molecule has 4 rings (SSSR count). The molecule has 0 unspecified atom stereocenters. The first-order valence-electron chi connectivity index (χ1n) is 12.1. The second-order valence-electron chi connectivity index (χ2n) is 9.96. The molecule has 2 fully saturated rings. The molecule has 0 N–H and O–H groups in total. The number of piperazine rings is 1. The Bertz CT molecular complexity index is 1280. The maximum atomic E-state index is 14.1. The van der Waals surface area contributed by atoms with Crippen molar-refractivity contribution in [3.8, 4) is 0 Å². The van der Waals surface area contributed by atoms with Crippen LogP contribution in [0.2, 0.25) is 5.02 Å². The number of carbonyl (C=O) groups is 1. The Morgan fingerprint density at radius 3 is 2.24 bits per heavy atom. The number of nitrogens with zero attached hydrogens (tertiary/aromatic N) is 4. The van der Waals surface area contributed by atoms with Gasteiger partial charge in [0, 0.05) is 69.8 Å². The minimum atomic E-state index is -4.60. The van der Waals surface area contributed by atoms with Gasteiger partial charge in [0.05, 0.1) is 16.9 Å². The van der Waals surface area contributed by atoms with Gasteiger partial charge >= 0.3 is 6.18 Å². The third-order valence-electron chi connectivity index (χ3n) is 7.52. The highest BCUT2D eigenvalue weighted by Crippen LogP contribution is 2.45. The molecule has 1 aromatic carbocycles. The molecule has 14 heteroatoms. The van der Waals surface area contributed by atoms with Crippen LogP contribution >= 0.6 is 11.6 Å². The third-order valence-corrected chi connectivity index (χ3v) is 9.62. The van der Waals surface area contributed by atoms with Crippen LogP contribution in [0, 0.1) is 0 Å². The van der Waals surface area contributed by atoms with Gasteiger partial charge in [0.2, 0.25) is 5.92 Å². The first kappa shape index (κ1) is 28.9. The molecule has 0 amide bonds. The maximum absolute atomic E-state index is 14.1. The Hall–Kier alpha value is -2.09. The zero-order valence-corrected chi connectivity index (χ0v) is 22.2. The van der Waals surface area contributed by atoms with E-state index in [0.717, 1.165) is 12.1 Å².